The molecule has 0 spiro atoms. The van der Waals surface area contributed by atoms with Gasteiger partial charge in [-0.3, -0.25) is 0 Å². The van der Waals surface area contributed by atoms with Crippen LogP contribution in [-0.2, 0) is 9.47 Å². The van der Waals surface area contributed by atoms with Gasteiger partial charge in [-0.2, -0.15) is 0 Å². The molecular formula is C7H12O2. The van der Waals surface area contributed by atoms with Crippen molar-refractivity contribution in [1.29, 1.82) is 0 Å². The Labute approximate surface area is 55.1 Å². The maximum Gasteiger partial charge on any atom is 0.160 e. The van der Waals surface area contributed by atoms with E-state index in [1.54, 1.807) is 0 Å². The number of rotatable bonds is 0. The standard InChI is InChI=1S/C7H12O2/c1-5-4-6-2-3-8-7(6)9-5/h5-7H,2-4H2,1H3. The number of hydrogen-bond donors (Lipinski definition) is 0. The molecule has 9 heavy (non-hydrogen) atoms. The minimum Gasteiger partial charge on any atom is -0.352 e. The molecule has 2 heterocycles. The van der Waals surface area contributed by atoms with Crippen molar-refractivity contribution in [2.24, 2.45) is 5.92 Å². The van der Waals surface area contributed by atoms with E-state index in [2.05, 4.69) is 6.92 Å². The van der Waals surface area contributed by atoms with Crippen LogP contribution in [0.15, 0.2) is 0 Å². The van der Waals surface area contributed by atoms with Gasteiger partial charge in [-0.05, 0) is 19.8 Å². The van der Waals surface area contributed by atoms with Crippen molar-refractivity contribution < 1.29 is 9.47 Å². The lowest BCUT2D eigenvalue weighted by Crippen LogP contribution is -2.10. The van der Waals surface area contributed by atoms with Gasteiger partial charge in [0.05, 0.1) is 12.7 Å². The molecule has 0 bridgehead atoms. The molecule has 3 atom stereocenters. The fourth-order valence-electron chi connectivity index (χ4n) is 1.70. The lowest BCUT2D eigenvalue weighted by Gasteiger charge is -2.06. The van der Waals surface area contributed by atoms with Gasteiger partial charge in [0, 0.05) is 5.92 Å². The van der Waals surface area contributed by atoms with Gasteiger partial charge in [0.25, 0.3) is 0 Å². The highest BCUT2D eigenvalue weighted by Crippen LogP contribution is 2.34. The third kappa shape index (κ3) is 0.864. The molecule has 2 aliphatic heterocycles. The van der Waals surface area contributed by atoms with Crippen LogP contribution in [0.25, 0.3) is 0 Å². The van der Waals surface area contributed by atoms with E-state index in [4.69, 9.17) is 9.47 Å². The second-order valence-corrected chi connectivity index (χ2v) is 2.97. The molecule has 0 aromatic carbocycles. The van der Waals surface area contributed by atoms with Crippen molar-refractivity contribution in [1.82, 2.24) is 0 Å². The maximum absolute atomic E-state index is 5.46. The van der Waals surface area contributed by atoms with Gasteiger partial charge in [0.2, 0.25) is 0 Å². The molecule has 2 rings (SSSR count). The molecule has 0 amide bonds. The van der Waals surface area contributed by atoms with Gasteiger partial charge in [-0.25, -0.2) is 0 Å². The Balaban J connectivity index is 2.02. The van der Waals surface area contributed by atoms with Gasteiger partial charge < -0.3 is 9.47 Å². The van der Waals surface area contributed by atoms with Crippen LogP contribution in [0.5, 0.6) is 0 Å². The first-order valence-corrected chi connectivity index (χ1v) is 3.63. The number of fused-ring (bicyclic) bond motifs is 1. The predicted octanol–water partition coefficient (Wildman–Crippen LogP) is 1.16. The van der Waals surface area contributed by atoms with Gasteiger partial charge in [0.15, 0.2) is 6.29 Å². The molecule has 2 heteroatoms. The van der Waals surface area contributed by atoms with E-state index in [9.17, 15) is 0 Å². The Morgan fingerprint density at radius 1 is 1.44 bits per heavy atom. The first-order chi connectivity index (χ1) is 4.36. The highest BCUT2D eigenvalue weighted by molar-refractivity contribution is 4.78. The summed E-state index contributed by atoms with van der Waals surface area (Å²) in [5, 5.41) is 0. The molecule has 2 saturated heterocycles. The summed E-state index contributed by atoms with van der Waals surface area (Å²) in [6.45, 7) is 3.02. The maximum atomic E-state index is 5.46. The van der Waals surface area contributed by atoms with Crippen molar-refractivity contribution in [2.45, 2.75) is 32.2 Å². The smallest absolute Gasteiger partial charge is 0.160 e. The zero-order valence-electron chi connectivity index (χ0n) is 5.67. The van der Waals surface area contributed by atoms with Crippen molar-refractivity contribution in [3.05, 3.63) is 0 Å². The molecule has 2 nitrogen and oxygen atoms in total. The Morgan fingerprint density at radius 2 is 2.33 bits per heavy atom. The van der Waals surface area contributed by atoms with Crippen LogP contribution in [0.4, 0.5) is 0 Å². The summed E-state index contributed by atoms with van der Waals surface area (Å²) < 4.78 is 10.8. The molecular weight excluding hydrogens is 116 g/mol. The summed E-state index contributed by atoms with van der Waals surface area (Å²) >= 11 is 0. The van der Waals surface area contributed by atoms with Crippen LogP contribution in [0.2, 0.25) is 0 Å². The Kier molecular flexibility index (Phi) is 1.24. The molecule has 0 aliphatic carbocycles. The van der Waals surface area contributed by atoms with Crippen LogP contribution in [0.3, 0.4) is 0 Å². The Morgan fingerprint density at radius 3 is 3.11 bits per heavy atom. The quantitative estimate of drug-likeness (QED) is 0.487. The second kappa shape index (κ2) is 1.96. The molecule has 2 fully saturated rings. The minimum atomic E-state index is 0.153. The van der Waals surface area contributed by atoms with Gasteiger partial charge in [-0.15, -0.1) is 0 Å². The van der Waals surface area contributed by atoms with E-state index < -0.39 is 0 Å². The lowest BCUT2D eigenvalue weighted by molar-refractivity contribution is -0.112. The van der Waals surface area contributed by atoms with Gasteiger partial charge in [0.1, 0.15) is 0 Å². The van der Waals surface area contributed by atoms with Crippen molar-refractivity contribution >= 4 is 0 Å². The summed E-state index contributed by atoms with van der Waals surface area (Å²) in [5.74, 6) is 0.708. The fourth-order valence-corrected chi connectivity index (χ4v) is 1.70. The molecule has 3 unspecified atom stereocenters. The summed E-state index contributed by atoms with van der Waals surface area (Å²) in [4.78, 5) is 0. The van der Waals surface area contributed by atoms with E-state index >= 15 is 0 Å². The van der Waals surface area contributed by atoms with Crippen molar-refractivity contribution in [3.8, 4) is 0 Å². The average molecular weight is 128 g/mol. The largest absolute Gasteiger partial charge is 0.352 e. The summed E-state index contributed by atoms with van der Waals surface area (Å²) in [6.07, 6.45) is 2.99. The molecule has 0 N–H and O–H groups in total. The Hall–Kier alpha value is -0.0800. The molecule has 0 saturated carbocycles. The van der Waals surface area contributed by atoms with Crippen molar-refractivity contribution in [2.75, 3.05) is 6.61 Å². The molecule has 0 aromatic heterocycles. The monoisotopic (exact) mass is 128 g/mol. The minimum absolute atomic E-state index is 0.153. The average Bonchev–Trinajstić information content (AvgIpc) is 2.22. The summed E-state index contributed by atoms with van der Waals surface area (Å²) in [7, 11) is 0. The van der Waals surface area contributed by atoms with Crippen LogP contribution in [0, 0.1) is 5.92 Å². The predicted molar refractivity (Wildman–Crippen MR) is 33.0 cm³/mol. The Bertz CT molecular complexity index is 101. The second-order valence-electron chi connectivity index (χ2n) is 2.97. The molecule has 52 valence electrons. The number of hydrogen-bond acceptors (Lipinski definition) is 2. The summed E-state index contributed by atoms with van der Waals surface area (Å²) in [5.41, 5.74) is 0. The van der Waals surface area contributed by atoms with E-state index in [-0.39, 0.29) is 6.29 Å². The van der Waals surface area contributed by atoms with E-state index in [1.807, 2.05) is 0 Å². The zero-order chi connectivity index (χ0) is 6.27. The fraction of sp³-hybridized carbons (Fsp3) is 1.00. The third-order valence-electron chi connectivity index (χ3n) is 2.16. The van der Waals surface area contributed by atoms with E-state index in [0.29, 0.717) is 12.0 Å². The van der Waals surface area contributed by atoms with Crippen LogP contribution >= 0.6 is 0 Å². The number of ether oxygens (including phenoxy) is 2. The van der Waals surface area contributed by atoms with Crippen LogP contribution in [-0.4, -0.2) is 19.0 Å². The SMILES string of the molecule is CC1CC2CCOC2O1. The normalized spacial score (nSPS) is 49.7. The molecule has 0 aromatic rings. The van der Waals surface area contributed by atoms with Gasteiger partial charge in [-0.1, -0.05) is 0 Å². The highest BCUT2D eigenvalue weighted by Gasteiger charge is 2.37. The molecule has 2 aliphatic rings. The third-order valence-corrected chi connectivity index (χ3v) is 2.16. The lowest BCUT2D eigenvalue weighted by atomic mass is 10.0. The van der Waals surface area contributed by atoms with Crippen LogP contribution < -0.4 is 0 Å². The van der Waals surface area contributed by atoms with Crippen molar-refractivity contribution in [3.63, 3.8) is 0 Å². The molecule has 0 radical (unpaired) electrons. The first-order valence-electron chi connectivity index (χ1n) is 3.63. The topological polar surface area (TPSA) is 18.5 Å². The summed E-state index contributed by atoms with van der Waals surface area (Å²) in [6, 6.07) is 0. The van der Waals surface area contributed by atoms with E-state index in [0.717, 1.165) is 6.61 Å². The zero-order valence-corrected chi connectivity index (χ0v) is 5.67. The first kappa shape index (κ1) is 5.69. The van der Waals surface area contributed by atoms with Crippen LogP contribution in [0.1, 0.15) is 19.8 Å². The van der Waals surface area contributed by atoms with E-state index in [1.165, 1.54) is 12.8 Å². The highest BCUT2D eigenvalue weighted by atomic mass is 16.7. The van der Waals surface area contributed by atoms with Gasteiger partial charge >= 0.3 is 0 Å².